The average molecular weight is 217 g/mol. The molecule has 2 heteroatoms. The third-order valence-corrected chi connectivity index (χ3v) is 3.07. The van der Waals surface area contributed by atoms with Crippen molar-refractivity contribution in [1.29, 1.82) is 5.26 Å². The molecule has 1 rings (SSSR count). The van der Waals surface area contributed by atoms with Gasteiger partial charge in [0.25, 0.3) is 0 Å². The van der Waals surface area contributed by atoms with Crippen molar-refractivity contribution < 1.29 is 4.74 Å². The maximum absolute atomic E-state index is 9.15. The molecule has 0 radical (unpaired) electrons. The van der Waals surface area contributed by atoms with Crippen molar-refractivity contribution in [2.75, 3.05) is 7.11 Å². The average Bonchev–Trinajstić information content (AvgIpc) is 2.28. The van der Waals surface area contributed by atoms with Crippen molar-refractivity contribution >= 4 is 0 Å². The lowest BCUT2D eigenvalue weighted by molar-refractivity contribution is 0.183. The predicted molar refractivity (Wildman–Crippen MR) is 65.1 cm³/mol. The molecule has 2 nitrogen and oxygen atoms in total. The molecule has 0 aliphatic rings. The summed E-state index contributed by atoms with van der Waals surface area (Å²) in [6.07, 6.45) is 0. The molecule has 0 aliphatic carbocycles. The summed E-state index contributed by atoms with van der Waals surface area (Å²) < 4.78 is 5.19. The van der Waals surface area contributed by atoms with Gasteiger partial charge in [-0.05, 0) is 29.0 Å². The van der Waals surface area contributed by atoms with Crippen LogP contribution in [0.3, 0.4) is 0 Å². The molecule has 0 N–H and O–H groups in total. The standard InChI is InChI=1S/C14H19NO/c1-10(2)11(3)14-12(8-15)6-5-7-13(14)9-16-4/h5-7,10-11H,9H2,1-4H3. The first kappa shape index (κ1) is 12.7. The van der Waals surface area contributed by atoms with Gasteiger partial charge in [0, 0.05) is 7.11 Å². The fourth-order valence-corrected chi connectivity index (χ4v) is 1.86. The van der Waals surface area contributed by atoms with Crippen LogP contribution < -0.4 is 0 Å². The van der Waals surface area contributed by atoms with Crippen LogP contribution in [0.4, 0.5) is 0 Å². The van der Waals surface area contributed by atoms with Crippen molar-refractivity contribution in [3.63, 3.8) is 0 Å². The van der Waals surface area contributed by atoms with E-state index in [0.717, 1.165) is 16.7 Å². The fraction of sp³-hybridized carbons (Fsp3) is 0.500. The zero-order valence-electron chi connectivity index (χ0n) is 10.4. The highest BCUT2D eigenvalue weighted by molar-refractivity contribution is 5.44. The first-order valence-electron chi connectivity index (χ1n) is 5.62. The normalized spacial score (nSPS) is 12.5. The maximum atomic E-state index is 9.15. The minimum Gasteiger partial charge on any atom is -0.380 e. The van der Waals surface area contributed by atoms with Crippen LogP contribution in [-0.2, 0) is 11.3 Å². The molecular formula is C14H19NO. The van der Waals surface area contributed by atoms with Gasteiger partial charge in [-0.1, -0.05) is 32.9 Å². The molecule has 0 aliphatic heterocycles. The highest BCUT2D eigenvalue weighted by Crippen LogP contribution is 2.30. The summed E-state index contributed by atoms with van der Waals surface area (Å²) in [6, 6.07) is 8.12. The lowest BCUT2D eigenvalue weighted by atomic mass is 9.84. The van der Waals surface area contributed by atoms with Gasteiger partial charge in [-0.15, -0.1) is 0 Å². The van der Waals surface area contributed by atoms with Crippen molar-refractivity contribution in [2.24, 2.45) is 5.92 Å². The van der Waals surface area contributed by atoms with E-state index in [1.807, 2.05) is 18.2 Å². The number of nitrogens with zero attached hydrogens (tertiary/aromatic N) is 1. The Morgan fingerprint density at radius 3 is 2.50 bits per heavy atom. The van der Waals surface area contributed by atoms with E-state index in [-0.39, 0.29) is 0 Å². The molecule has 1 aromatic carbocycles. The second-order valence-electron chi connectivity index (χ2n) is 4.46. The topological polar surface area (TPSA) is 33.0 Å². The van der Waals surface area contributed by atoms with E-state index >= 15 is 0 Å². The molecule has 1 atom stereocenters. The molecule has 16 heavy (non-hydrogen) atoms. The minimum atomic E-state index is 0.376. The third kappa shape index (κ3) is 2.62. The van der Waals surface area contributed by atoms with Gasteiger partial charge < -0.3 is 4.74 Å². The Kier molecular flexibility index (Phi) is 4.52. The van der Waals surface area contributed by atoms with E-state index in [0.29, 0.717) is 18.4 Å². The van der Waals surface area contributed by atoms with Crippen LogP contribution in [0.2, 0.25) is 0 Å². The molecule has 0 spiro atoms. The van der Waals surface area contributed by atoms with Crippen LogP contribution in [0, 0.1) is 17.2 Å². The molecule has 86 valence electrons. The highest BCUT2D eigenvalue weighted by Gasteiger charge is 2.17. The van der Waals surface area contributed by atoms with Gasteiger partial charge in [0.2, 0.25) is 0 Å². The molecule has 1 aromatic rings. The summed E-state index contributed by atoms with van der Waals surface area (Å²) in [5.74, 6) is 0.895. The van der Waals surface area contributed by atoms with Crippen LogP contribution in [0.15, 0.2) is 18.2 Å². The molecule has 0 bridgehead atoms. The third-order valence-electron chi connectivity index (χ3n) is 3.07. The van der Waals surface area contributed by atoms with E-state index in [2.05, 4.69) is 26.8 Å². The van der Waals surface area contributed by atoms with Gasteiger partial charge in [0.05, 0.1) is 18.2 Å². The Labute approximate surface area is 97.9 Å². The van der Waals surface area contributed by atoms with Crippen LogP contribution >= 0.6 is 0 Å². The van der Waals surface area contributed by atoms with Crippen molar-refractivity contribution in [2.45, 2.75) is 33.3 Å². The van der Waals surface area contributed by atoms with Crippen LogP contribution in [0.1, 0.15) is 43.4 Å². The van der Waals surface area contributed by atoms with Gasteiger partial charge in [-0.2, -0.15) is 5.26 Å². The van der Waals surface area contributed by atoms with E-state index in [1.54, 1.807) is 7.11 Å². The summed E-state index contributed by atoms with van der Waals surface area (Å²) in [5.41, 5.74) is 3.04. The number of hydrogen-bond acceptors (Lipinski definition) is 2. The number of nitriles is 1. The molecule has 0 aromatic heterocycles. The lowest BCUT2D eigenvalue weighted by Crippen LogP contribution is -2.08. The van der Waals surface area contributed by atoms with Crippen molar-refractivity contribution in [3.05, 3.63) is 34.9 Å². The van der Waals surface area contributed by atoms with Crippen LogP contribution in [0.25, 0.3) is 0 Å². The van der Waals surface area contributed by atoms with E-state index in [9.17, 15) is 0 Å². The van der Waals surface area contributed by atoms with Crippen molar-refractivity contribution in [3.8, 4) is 6.07 Å². The van der Waals surface area contributed by atoms with Gasteiger partial charge in [0.15, 0.2) is 0 Å². The maximum Gasteiger partial charge on any atom is 0.0994 e. The van der Waals surface area contributed by atoms with E-state index in [1.165, 1.54) is 0 Å². The predicted octanol–water partition coefficient (Wildman–Crippen LogP) is 3.46. The van der Waals surface area contributed by atoms with Gasteiger partial charge >= 0.3 is 0 Å². The first-order valence-corrected chi connectivity index (χ1v) is 5.62. The Balaban J connectivity index is 3.25. The number of hydrogen-bond donors (Lipinski definition) is 0. The summed E-state index contributed by atoms with van der Waals surface area (Å²) >= 11 is 0. The van der Waals surface area contributed by atoms with Crippen LogP contribution in [-0.4, -0.2) is 7.11 Å². The number of rotatable bonds is 4. The molecule has 0 saturated carbocycles. The molecular weight excluding hydrogens is 198 g/mol. The second kappa shape index (κ2) is 5.67. The first-order chi connectivity index (χ1) is 7.61. The number of ether oxygens (including phenoxy) is 1. The molecule has 0 amide bonds. The summed E-state index contributed by atoms with van der Waals surface area (Å²) in [4.78, 5) is 0. The van der Waals surface area contributed by atoms with Gasteiger partial charge in [-0.3, -0.25) is 0 Å². The summed E-state index contributed by atoms with van der Waals surface area (Å²) in [5, 5.41) is 9.15. The zero-order valence-corrected chi connectivity index (χ0v) is 10.4. The lowest BCUT2D eigenvalue weighted by Gasteiger charge is -2.20. The Morgan fingerprint density at radius 1 is 1.31 bits per heavy atom. The van der Waals surface area contributed by atoms with E-state index < -0.39 is 0 Å². The Hall–Kier alpha value is -1.33. The minimum absolute atomic E-state index is 0.376. The number of methoxy groups -OCH3 is 1. The summed E-state index contributed by atoms with van der Waals surface area (Å²) in [7, 11) is 1.68. The molecule has 1 unspecified atom stereocenters. The SMILES string of the molecule is COCc1cccc(C#N)c1C(C)C(C)C. The van der Waals surface area contributed by atoms with Gasteiger partial charge in [-0.25, -0.2) is 0 Å². The highest BCUT2D eigenvalue weighted by atomic mass is 16.5. The molecule has 0 fully saturated rings. The number of benzene rings is 1. The summed E-state index contributed by atoms with van der Waals surface area (Å²) in [6.45, 7) is 7.09. The quantitative estimate of drug-likeness (QED) is 0.773. The molecule has 0 heterocycles. The van der Waals surface area contributed by atoms with Gasteiger partial charge in [0.1, 0.15) is 0 Å². The molecule has 0 saturated heterocycles. The second-order valence-corrected chi connectivity index (χ2v) is 4.46. The van der Waals surface area contributed by atoms with Crippen molar-refractivity contribution in [1.82, 2.24) is 0 Å². The Morgan fingerprint density at radius 2 is 2.00 bits per heavy atom. The fourth-order valence-electron chi connectivity index (χ4n) is 1.86. The zero-order chi connectivity index (χ0) is 12.1. The largest absolute Gasteiger partial charge is 0.380 e. The van der Waals surface area contributed by atoms with E-state index in [4.69, 9.17) is 10.00 Å². The smallest absolute Gasteiger partial charge is 0.0994 e. The Bertz CT molecular complexity index is 390. The monoisotopic (exact) mass is 217 g/mol. The van der Waals surface area contributed by atoms with Crippen LogP contribution in [0.5, 0.6) is 0 Å².